The van der Waals surface area contributed by atoms with E-state index in [9.17, 15) is 22.4 Å². The summed E-state index contributed by atoms with van der Waals surface area (Å²) in [6.45, 7) is 0.353. The fraction of sp³-hybridized carbons (Fsp3) is 0.267. The SMILES string of the molecule is O=C(NCCc1cccs1)Nc1ccc2c(c1)C(F)(F)OC(F)(F)O2. The molecular formula is C15H12F4N2O3S. The second-order valence-electron chi connectivity index (χ2n) is 5.11. The van der Waals surface area contributed by atoms with E-state index < -0.39 is 29.7 Å². The van der Waals surface area contributed by atoms with Gasteiger partial charge in [0, 0.05) is 17.1 Å². The molecule has 1 aliphatic heterocycles. The molecule has 0 aliphatic carbocycles. The maximum absolute atomic E-state index is 13.7. The zero-order valence-corrected chi connectivity index (χ0v) is 13.3. The van der Waals surface area contributed by atoms with Crippen LogP contribution in [0.1, 0.15) is 10.4 Å². The molecule has 1 aromatic heterocycles. The van der Waals surface area contributed by atoms with E-state index in [2.05, 4.69) is 20.1 Å². The van der Waals surface area contributed by atoms with E-state index in [1.165, 1.54) is 6.07 Å². The van der Waals surface area contributed by atoms with Crippen LogP contribution in [0.25, 0.3) is 0 Å². The van der Waals surface area contributed by atoms with Crippen LogP contribution in [0.15, 0.2) is 35.7 Å². The molecule has 0 saturated heterocycles. The van der Waals surface area contributed by atoms with Gasteiger partial charge in [0.2, 0.25) is 0 Å². The Morgan fingerprint density at radius 2 is 2.00 bits per heavy atom. The molecule has 0 radical (unpaired) electrons. The van der Waals surface area contributed by atoms with Gasteiger partial charge in [-0.2, -0.15) is 8.78 Å². The van der Waals surface area contributed by atoms with Gasteiger partial charge in [-0.15, -0.1) is 20.1 Å². The Hall–Kier alpha value is -2.33. The Balaban J connectivity index is 1.63. The Kier molecular flexibility index (Phi) is 4.56. The van der Waals surface area contributed by atoms with Gasteiger partial charge in [-0.05, 0) is 36.1 Å². The molecule has 25 heavy (non-hydrogen) atoms. The van der Waals surface area contributed by atoms with Crippen molar-refractivity contribution in [2.24, 2.45) is 0 Å². The maximum Gasteiger partial charge on any atom is 0.540 e. The summed E-state index contributed by atoms with van der Waals surface area (Å²) in [5, 5.41) is 6.84. The molecule has 0 atom stereocenters. The minimum Gasteiger partial charge on any atom is -0.409 e. The summed E-state index contributed by atoms with van der Waals surface area (Å²) < 4.78 is 60.6. The Labute approximate surface area is 143 Å². The van der Waals surface area contributed by atoms with Crippen molar-refractivity contribution in [1.29, 1.82) is 0 Å². The lowest BCUT2D eigenvalue weighted by Gasteiger charge is -2.30. The van der Waals surface area contributed by atoms with Crippen molar-refractivity contribution in [3.05, 3.63) is 46.2 Å². The summed E-state index contributed by atoms with van der Waals surface area (Å²) in [5.41, 5.74) is -0.903. The van der Waals surface area contributed by atoms with Gasteiger partial charge in [-0.3, -0.25) is 0 Å². The summed E-state index contributed by atoms with van der Waals surface area (Å²) >= 11 is 1.55. The highest BCUT2D eigenvalue weighted by Gasteiger charge is 2.54. The molecule has 0 bridgehead atoms. The van der Waals surface area contributed by atoms with Gasteiger partial charge in [-0.25, -0.2) is 9.53 Å². The van der Waals surface area contributed by atoms with Crippen LogP contribution in [0.5, 0.6) is 5.75 Å². The van der Waals surface area contributed by atoms with Gasteiger partial charge in [0.25, 0.3) is 0 Å². The average molecular weight is 376 g/mol. The second-order valence-corrected chi connectivity index (χ2v) is 6.14. The fourth-order valence-electron chi connectivity index (χ4n) is 2.21. The van der Waals surface area contributed by atoms with Crippen LogP contribution in [0, 0.1) is 0 Å². The summed E-state index contributed by atoms with van der Waals surface area (Å²) in [7, 11) is 0. The van der Waals surface area contributed by atoms with E-state index in [-0.39, 0.29) is 5.69 Å². The maximum atomic E-state index is 13.7. The molecule has 0 spiro atoms. The standard InChI is InChI=1S/C15H12F4N2O3S/c16-14(17)11-8-9(3-4-12(11)23-15(18,19)24-14)21-13(22)20-6-5-10-2-1-7-25-10/h1-4,7-8H,5-6H2,(H2,20,21,22). The molecule has 1 aromatic carbocycles. The highest BCUT2D eigenvalue weighted by atomic mass is 32.1. The number of anilines is 1. The number of ether oxygens (including phenoxy) is 2. The number of fused-ring (bicyclic) bond motifs is 1. The van der Waals surface area contributed by atoms with E-state index in [1.54, 1.807) is 11.3 Å². The normalized spacial score (nSPS) is 17.3. The number of thiophene rings is 1. The fourth-order valence-corrected chi connectivity index (χ4v) is 2.92. The molecule has 3 rings (SSSR count). The van der Waals surface area contributed by atoms with Crippen molar-refractivity contribution in [1.82, 2.24) is 5.32 Å². The first-order valence-corrected chi connectivity index (χ1v) is 8.00. The molecule has 2 aromatic rings. The van der Waals surface area contributed by atoms with Crippen LogP contribution < -0.4 is 15.4 Å². The smallest absolute Gasteiger partial charge is 0.409 e. The molecule has 0 unspecified atom stereocenters. The molecule has 5 nitrogen and oxygen atoms in total. The van der Waals surface area contributed by atoms with Crippen LogP contribution in [0.3, 0.4) is 0 Å². The minimum atomic E-state index is -4.43. The molecule has 2 amide bonds. The van der Waals surface area contributed by atoms with Crippen LogP contribution in [0.2, 0.25) is 0 Å². The number of halogens is 4. The zero-order chi connectivity index (χ0) is 18.1. The second kappa shape index (κ2) is 6.52. The lowest BCUT2D eigenvalue weighted by Crippen LogP contribution is -2.41. The van der Waals surface area contributed by atoms with E-state index in [0.29, 0.717) is 13.0 Å². The van der Waals surface area contributed by atoms with Crippen LogP contribution in [-0.4, -0.2) is 18.9 Å². The van der Waals surface area contributed by atoms with Crippen LogP contribution >= 0.6 is 11.3 Å². The van der Waals surface area contributed by atoms with E-state index >= 15 is 0 Å². The highest BCUT2D eigenvalue weighted by molar-refractivity contribution is 7.09. The first kappa shape index (κ1) is 17.5. The molecule has 10 heteroatoms. The monoisotopic (exact) mass is 376 g/mol. The summed E-state index contributed by atoms with van der Waals surface area (Å²) in [6, 6.07) is 6.12. The minimum absolute atomic E-state index is 0.00975. The summed E-state index contributed by atoms with van der Waals surface area (Å²) in [4.78, 5) is 12.9. The van der Waals surface area contributed by atoms with Gasteiger partial charge in [0.15, 0.2) is 0 Å². The predicted octanol–water partition coefficient (Wildman–Crippen LogP) is 4.12. The third kappa shape index (κ3) is 4.20. The van der Waals surface area contributed by atoms with Crippen molar-refractivity contribution in [2.45, 2.75) is 18.8 Å². The van der Waals surface area contributed by atoms with E-state index in [4.69, 9.17) is 0 Å². The number of benzene rings is 1. The summed E-state index contributed by atoms with van der Waals surface area (Å²) in [5.74, 6) is -0.718. The van der Waals surface area contributed by atoms with Crippen molar-refractivity contribution >= 4 is 23.1 Å². The van der Waals surface area contributed by atoms with Crippen molar-refractivity contribution < 1.29 is 31.8 Å². The molecule has 2 N–H and O–H groups in total. The topological polar surface area (TPSA) is 59.6 Å². The van der Waals surface area contributed by atoms with Gasteiger partial charge in [0.05, 0.1) is 5.56 Å². The lowest BCUT2D eigenvalue weighted by atomic mass is 10.1. The number of amides is 2. The number of hydrogen-bond donors (Lipinski definition) is 2. The molecular weight excluding hydrogens is 364 g/mol. The number of rotatable bonds is 4. The van der Waals surface area contributed by atoms with E-state index in [1.807, 2.05) is 17.5 Å². The Bertz CT molecular complexity index is 768. The summed E-state index contributed by atoms with van der Waals surface area (Å²) in [6.07, 6.45) is -8.04. The Morgan fingerprint density at radius 3 is 2.72 bits per heavy atom. The Morgan fingerprint density at radius 1 is 1.20 bits per heavy atom. The van der Waals surface area contributed by atoms with Crippen molar-refractivity contribution in [2.75, 3.05) is 11.9 Å². The lowest BCUT2D eigenvalue weighted by molar-refractivity contribution is -0.461. The number of alkyl halides is 4. The van der Waals surface area contributed by atoms with Gasteiger partial charge in [0.1, 0.15) is 5.75 Å². The van der Waals surface area contributed by atoms with Crippen LogP contribution in [0.4, 0.5) is 28.0 Å². The first-order chi connectivity index (χ1) is 11.8. The van der Waals surface area contributed by atoms with Crippen LogP contribution in [-0.2, 0) is 17.3 Å². The van der Waals surface area contributed by atoms with E-state index in [0.717, 1.165) is 17.0 Å². The predicted molar refractivity (Wildman–Crippen MR) is 82.0 cm³/mol. The number of carbonyl (C=O) groups is 1. The van der Waals surface area contributed by atoms with Gasteiger partial charge in [-0.1, -0.05) is 6.07 Å². The number of urea groups is 1. The quantitative estimate of drug-likeness (QED) is 0.790. The first-order valence-electron chi connectivity index (χ1n) is 7.12. The van der Waals surface area contributed by atoms with Crippen molar-refractivity contribution in [3.63, 3.8) is 0 Å². The molecule has 134 valence electrons. The number of nitrogens with one attached hydrogen (secondary N) is 2. The third-order valence-electron chi connectivity index (χ3n) is 3.26. The average Bonchev–Trinajstić information content (AvgIpc) is 2.99. The van der Waals surface area contributed by atoms with Crippen molar-refractivity contribution in [3.8, 4) is 5.75 Å². The molecule has 0 fully saturated rings. The third-order valence-corrected chi connectivity index (χ3v) is 4.20. The molecule has 2 heterocycles. The highest BCUT2D eigenvalue weighted by Crippen LogP contribution is 2.46. The largest absolute Gasteiger partial charge is 0.540 e. The molecule has 1 aliphatic rings. The van der Waals surface area contributed by atoms with Gasteiger partial charge >= 0.3 is 18.4 Å². The number of carbonyl (C=O) groups excluding carboxylic acids is 1. The van der Waals surface area contributed by atoms with Gasteiger partial charge < -0.3 is 15.4 Å². The number of hydrogen-bond acceptors (Lipinski definition) is 4. The molecule has 0 saturated carbocycles. The zero-order valence-electron chi connectivity index (χ0n) is 12.5.